The second-order valence-corrected chi connectivity index (χ2v) is 3.45. The highest BCUT2D eigenvalue weighted by atomic mass is 16.5. The molecule has 0 aromatic heterocycles. The van der Waals surface area contributed by atoms with Gasteiger partial charge in [0.2, 0.25) is 0 Å². The lowest BCUT2D eigenvalue weighted by atomic mass is 10.1. The van der Waals surface area contributed by atoms with Crippen LogP contribution in [0.2, 0.25) is 0 Å². The van der Waals surface area contributed by atoms with Crippen molar-refractivity contribution in [2.75, 3.05) is 7.11 Å². The maximum atomic E-state index is 5.28. The summed E-state index contributed by atoms with van der Waals surface area (Å²) in [7, 11) is 1.67. The molecule has 0 unspecified atom stereocenters. The van der Waals surface area contributed by atoms with Crippen molar-refractivity contribution in [1.82, 2.24) is 0 Å². The molecule has 1 rings (SSSR count). The number of rotatable bonds is 2. The topological polar surface area (TPSA) is 21.6 Å². The van der Waals surface area contributed by atoms with Gasteiger partial charge in [0.25, 0.3) is 0 Å². The van der Waals surface area contributed by atoms with E-state index in [0.29, 0.717) is 0 Å². The summed E-state index contributed by atoms with van der Waals surface area (Å²) in [5.74, 6) is 0.878. The van der Waals surface area contributed by atoms with E-state index in [2.05, 4.69) is 11.6 Å². The Labute approximate surface area is 90.6 Å². The van der Waals surface area contributed by atoms with Crippen LogP contribution in [0, 0.1) is 6.92 Å². The van der Waals surface area contributed by atoms with Crippen molar-refractivity contribution in [3.63, 3.8) is 0 Å². The molecule has 0 heterocycles. The molecule has 2 heteroatoms. The van der Waals surface area contributed by atoms with E-state index < -0.39 is 0 Å². The van der Waals surface area contributed by atoms with E-state index >= 15 is 0 Å². The summed E-state index contributed by atoms with van der Waals surface area (Å²) in [6, 6.07) is 4.00. The maximum Gasteiger partial charge on any atom is 0.122 e. The minimum absolute atomic E-state index is 0.878. The van der Waals surface area contributed by atoms with Gasteiger partial charge in [-0.15, -0.1) is 0 Å². The van der Waals surface area contributed by atoms with Gasteiger partial charge in [0.15, 0.2) is 0 Å². The first-order valence-electron chi connectivity index (χ1n) is 4.93. The highest BCUT2D eigenvalue weighted by molar-refractivity contribution is 5.62. The van der Waals surface area contributed by atoms with Gasteiger partial charge in [0.1, 0.15) is 5.75 Å². The predicted octanol–water partition coefficient (Wildman–Crippen LogP) is 1.63. The fourth-order valence-corrected chi connectivity index (χ4v) is 1.57. The Morgan fingerprint density at radius 2 is 2.13 bits per heavy atom. The molecular weight excluding hydrogens is 186 g/mol. The van der Waals surface area contributed by atoms with Crippen molar-refractivity contribution in [3.05, 3.63) is 28.1 Å². The van der Waals surface area contributed by atoms with Crippen LogP contribution in [0.15, 0.2) is 17.1 Å². The summed E-state index contributed by atoms with van der Waals surface area (Å²) in [6.45, 7) is 9.89. The second-order valence-electron chi connectivity index (χ2n) is 3.45. The average Bonchev–Trinajstić information content (AvgIpc) is 2.18. The fraction of sp³-hybridized carbons (Fsp3) is 0.308. The highest BCUT2D eigenvalue weighted by Gasteiger charge is 1.99. The number of methoxy groups -OCH3 is 1. The summed E-state index contributed by atoms with van der Waals surface area (Å²) >= 11 is 0. The molecule has 0 amide bonds. The lowest BCUT2D eigenvalue weighted by Crippen LogP contribution is -2.25. The van der Waals surface area contributed by atoms with Gasteiger partial charge in [-0.25, -0.2) is 0 Å². The van der Waals surface area contributed by atoms with Crippen molar-refractivity contribution >= 4 is 18.5 Å². The average molecular weight is 203 g/mol. The van der Waals surface area contributed by atoms with Crippen LogP contribution in [-0.2, 0) is 0 Å². The number of aryl methyl sites for hydroxylation is 1. The summed E-state index contributed by atoms with van der Waals surface area (Å²) in [5.41, 5.74) is 2.06. The van der Waals surface area contributed by atoms with E-state index in [1.807, 2.05) is 32.9 Å². The van der Waals surface area contributed by atoms with E-state index in [-0.39, 0.29) is 0 Å². The normalized spacial score (nSPS) is 13.1. The molecule has 0 radical (unpaired) electrons. The second kappa shape index (κ2) is 4.78. The number of benzene rings is 1. The van der Waals surface area contributed by atoms with Gasteiger partial charge in [-0.2, -0.15) is 0 Å². The number of aliphatic imine (C=N–C) groups is 1. The van der Waals surface area contributed by atoms with Gasteiger partial charge in [-0.3, -0.25) is 4.99 Å². The molecule has 1 aromatic carbocycles. The van der Waals surface area contributed by atoms with Gasteiger partial charge in [-0.05, 0) is 43.7 Å². The van der Waals surface area contributed by atoms with Gasteiger partial charge in [0.05, 0.1) is 7.11 Å². The van der Waals surface area contributed by atoms with E-state index in [0.717, 1.165) is 27.4 Å². The van der Waals surface area contributed by atoms with Crippen LogP contribution in [0.4, 0.5) is 0 Å². The van der Waals surface area contributed by atoms with Crippen LogP contribution in [0.3, 0.4) is 0 Å². The summed E-state index contributed by atoms with van der Waals surface area (Å²) in [5, 5.41) is 2.02. The zero-order valence-corrected chi connectivity index (χ0v) is 9.79. The van der Waals surface area contributed by atoms with Gasteiger partial charge in [0, 0.05) is 17.1 Å². The predicted molar refractivity (Wildman–Crippen MR) is 65.8 cm³/mol. The third-order valence-electron chi connectivity index (χ3n) is 2.33. The Bertz CT molecular complexity index is 486. The van der Waals surface area contributed by atoms with Gasteiger partial charge >= 0.3 is 0 Å². The summed E-state index contributed by atoms with van der Waals surface area (Å²) in [6.07, 6.45) is 1.78. The largest absolute Gasteiger partial charge is 0.496 e. The molecule has 0 spiro atoms. The lowest BCUT2D eigenvalue weighted by molar-refractivity contribution is 0.411. The quantitative estimate of drug-likeness (QED) is 0.669. The Morgan fingerprint density at radius 3 is 2.67 bits per heavy atom. The molecule has 0 bridgehead atoms. The van der Waals surface area contributed by atoms with Crippen LogP contribution < -0.4 is 15.2 Å². The number of ether oxygens (including phenoxy) is 1. The zero-order chi connectivity index (χ0) is 11.4. The molecule has 0 N–H and O–H groups in total. The van der Waals surface area contributed by atoms with E-state index in [1.54, 1.807) is 13.3 Å². The number of hydrogen-bond acceptors (Lipinski definition) is 2. The molecule has 0 aliphatic carbocycles. The number of hydrogen-bond donors (Lipinski definition) is 0. The number of nitrogens with zero attached hydrogens (tertiary/aromatic N) is 1. The third-order valence-corrected chi connectivity index (χ3v) is 2.33. The zero-order valence-electron chi connectivity index (χ0n) is 9.79. The molecule has 0 saturated heterocycles. The van der Waals surface area contributed by atoms with Crippen LogP contribution in [-0.4, -0.2) is 13.3 Å². The minimum Gasteiger partial charge on any atom is -0.496 e. The Balaban J connectivity index is 3.57. The van der Waals surface area contributed by atoms with E-state index in [4.69, 9.17) is 4.74 Å². The fourth-order valence-electron chi connectivity index (χ4n) is 1.57. The standard InChI is InChI=1S/C13H17NO/c1-6-14-11(4)12-8-13(15-5)10(3)7-9(12)2/h6-8H,2H2,1,3-5H3/b12-11-,14-6-. The summed E-state index contributed by atoms with van der Waals surface area (Å²) in [4.78, 5) is 4.26. The molecule has 0 fully saturated rings. The Kier molecular flexibility index (Phi) is 3.67. The molecule has 0 saturated carbocycles. The molecule has 0 aliphatic heterocycles. The molecule has 15 heavy (non-hydrogen) atoms. The molecular formula is C13H17NO. The highest BCUT2D eigenvalue weighted by Crippen LogP contribution is 2.11. The Hall–Kier alpha value is -1.57. The monoisotopic (exact) mass is 203 g/mol. The van der Waals surface area contributed by atoms with Crippen molar-refractivity contribution in [1.29, 1.82) is 0 Å². The van der Waals surface area contributed by atoms with Crippen LogP contribution in [0.1, 0.15) is 19.4 Å². The van der Waals surface area contributed by atoms with Crippen LogP contribution >= 0.6 is 0 Å². The van der Waals surface area contributed by atoms with E-state index in [1.165, 1.54) is 0 Å². The molecule has 0 aliphatic rings. The smallest absolute Gasteiger partial charge is 0.122 e. The van der Waals surface area contributed by atoms with Crippen LogP contribution in [0.25, 0.3) is 12.3 Å². The SMILES string of the molecule is C=c1cc(C)c(OC)c/c1=C(C)/N=C\C. The molecule has 1 aromatic rings. The maximum absolute atomic E-state index is 5.28. The first kappa shape index (κ1) is 11.5. The first-order chi connectivity index (χ1) is 7.10. The van der Waals surface area contributed by atoms with E-state index in [9.17, 15) is 0 Å². The Morgan fingerprint density at radius 1 is 1.47 bits per heavy atom. The summed E-state index contributed by atoms with van der Waals surface area (Å²) < 4.78 is 5.28. The van der Waals surface area contributed by atoms with Crippen LogP contribution in [0.5, 0.6) is 5.75 Å². The minimum atomic E-state index is 0.878. The van der Waals surface area contributed by atoms with Crippen molar-refractivity contribution < 1.29 is 4.74 Å². The molecule has 2 nitrogen and oxygen atoms in total. The van der Waals surface area contributed by atoms with Crippen molar-refractivity contribution in [3.8, 4) is 5.75 Å². The van der Waals surface area contributed by atoms with Crippen molar-refractivity contribution in [2.24, 2.45) is 4.99 Å². The van der Waals surface area contributed by atoms with Gasteiger partial charge in [-0.1, -0.05) is 6.58 Å². The third kappa shape index (κ3) is 2.46. The first-order valence-corrected chi connectivity index (χ1v) is 4.93. The lowest BCUT2D eigenvalue weighted by Gasteiger charge is -2.04. The van der Waals surface area contributed by atoms with Gasteiger partial charge < -0.3 is 4.74 Å². The van der Waals surface area contributed by atoms with Crippen molar-refractivity contribution in [2.45, 2.75) is 20.8 Å². The molecule has 80 valence electrons. The molecule has 0 atom stereocenters.